The van der Waals surface area contributed by atoms with Crippen LogP contribution in [0.4, 0.5) is 0 Å². The molecular weight excluding hydrogens is 460 g/mol. The molecule has 3 rings (SSSR count). The molecule has 2 N–H and O–H groups in total. The van der Waals surface area contributed by atoms with Crippen molar-refractivity contribution < 1.29 is 4.79 Å². The van der Waals surface area contributed by atoms with Crippen LogP contribution in [0.25, 0.3) is 0 Å². The van der Waals surface area contributed by atoms with Crippen molar-refractivity contribution >= 4 is 52.4 Å². The zero-order valence-corrected chi connectivity index (χ0v) is 19.7. The first-order valence-corrected chi connectivity index (χ1v) is 14.7. The molecule has 2 aliphatic rings. The van der Waals surface area contributed by atoms with Crippen LogP contribution in [0.15, 0.2) is 30.3 Å². The predicted octanol–water partition coefficient (Wildman–Crippen LogP) is 2.72. The van der Waals surface area contributed by atoms with E-state index >= 15 is 0 Å². The third kappa shape index (κ3) is 6.62. The van der Waals surface area contributed by atoms with Gasteiger partial charge in [0.25, 0.3) is 0 Å². The van der Waals surface area contributed by atoms with Gasteiger partial charge < -0.3 is 0 Å². The molecule has 0 radical (unpaired) electrons. The Morgan fingerprint density at radius 3 is 2.40 bits per heavy atom. The summed E-state index contributed by atoms with van der Waals surface area (Å²) in [5.41, 5.74) is 7.11. The average molecular weight is 490 g/mol. The van der Waals surface area contributed by atoms with E-state index in [1.807, 2.05) is 0 Å². The molecule has 2 heterocycles. The summed E-state index contributed by atoms with van der Waals surface area (Å²) in [6.45, 7) is 5.80. The number of hydrogen-bond acceptors (Lipinski definition) is 3. The fraction of sp³-hybridized carbons (Fsp3) is 0.611. The molecule has 0 aromatic heterocycles. The Labute approximate surface area is 172 Å². The molecule has 1 aromatic carbocycles. The summed E-state index contributed by atoms with van der Waals surface area (Å²) >= 11 is -1.94. The van der Waals surface area contributed by atoms with Crippen LogP contribution in [-0.2, 0) is 11.2 Å². The molecule has 0 aliphatic carbocycles. The predicted molar refractivity (Wildman–Crippen MR) is 110 cm³/mol. The molecule has 140 valence electrons. The van der Waals surface area contributed by atoms with Gasteiger partial charge in [-0.25, -0.2) is 0 Å². The molecule has 4 nitrogen and oxygen atoms in total. The molecular formula is C18H30Cl2InN3O. The van der Waals surface area contributed by atoms with Gasteiger partial charge in [0.15, 0.2) is 0 Å². The second-order valence-corrected chi connectivity index (χ2v) is 16.2. The zero-order chi connectivity index (χ0) is 16.1. The van der Waals surface area contributed by atoms with Crippen molar-refractivity contribution in [1.82, 2.24) is 7.79 Å². The van der Waals surface area contributed by atoms with E-state index in [0.717, 1.165) is 32.5 Å². The molecule has 0 saturated carbocycles. The number of carbonyl (C=O) groups is 1. The van der Waals surface area contributed by atoms with E-state index in [4.69, 9.17) is 5.73 Å². The first kappa shape index (κ1) is 23.1. The summed E-state index contributed by atoms with van der Waals surface area (Å²) in [5, 5.41) is 0. The van der Waals surface area contributed by atoms with E-state index in [1.165, 1.54) is 35.7 Å². The van der Waals surface area contributed by atoms with Crippen LogP contribution in [0.2, 0.25) is 7.85 Å². The number of piperazine rings is 1. The van der Waals surface area contributed by atoms with Crippen molar-refractivity contribution in [3.63, 3.8) is 0 Å². The van der Waals surface area contributed by atoms with E-state index in [0.29, 0.717) is 0 Å². The van der Waals surface area contributed by atoms with Crippen LogP contribution in [0.1, 0.15) is 24.8 Å². The number of hydrogen-bond donors (Lipinski definition) is 1. The van der Waals surface area contributed by atoms with Gasteiger partial charge in [-0.2, -0.15) is 0 Å². The Bertz CT molecular complexity index is 512. The van der Waals surface area contributed by atoms with Crippen molar-refractivity contribution in [3.05, 3.63) is 35.9 Å². The van der Waals surface area contributed by atoms with Crippen molar-refractivity contribution in [2.45, 2.75) is 33.5 Å². The third-order valence-corrected chi connectivity index (χ3v) is 17.1. The van der Waals surface area contributed by atoms with Crippen LogP contribution < -0.4 is 5.73 Å². The van der Waals surface area contributed by atoms with Crippen molar-refractivity contribution in [2.75, 3.05) is 32.7 Å². The van der Waals surface area contributed by atoms with Crippen LogP contribution >= 0.6 is 24.8 Å². The van der Waals surface area contributed by atoms with E-state index in [9.17, 15) is 4.79 Å². The van der Waals surface area contributed by atoms with E-state index in [-0.39, 0.29) is 34.4 Å². The third-order valence-electron chi connectivity index (χ3n) is 5.53. The van der Waals surface area contributed by atoms with Gasteiger partial charge in [0.2, 0.25) is 0 Å². The van der Waals surface area contributed by atoms with Gasteiger partial charge in [-0.1, -0.05) is 0 Å². The van der Waals surface area contributed by atoms with E-state index in [1.54, 1.807) is 0 Å². The Morgan fingerprint density at radius 2 is 1.76 bits per heavy atom. The fourth-order valence-electron chi connectivity index (χ4n) is 4.13. The molecule has 1 aromatic rings. The molecule has 2 fully saturated rings. The van der Waals surface area contributed by atoms with Crippen LogP contribution in [0.3, 0.4) is 0 Å². The number of nitrogens with two attached hydrogens (primary N) is 1. The van der Waals surface area contributed by atoms with E-state index in [2.05, 4.69) is 38.1 Å². The molecule has 2 saturated heterocycles. The summed E-state index contributed by atoms with van der Waals surface area (Å²) in [6, 6.07) is 10.7. The number of rotatable bonds is 5. The standard InChI is InChI=1S/C12H17N2.C6H11NO.2ClH.In/c1-2-4-12(5-3-1)6-9-14-10-7-13-8-11-14;1-2-3-4-5-6(7)8;;;/h1-5H,6-11H2;5H,1-4H2,(H2,7,8);2*1H;/q-1;;;;+1. The van der Waals surface area contributed by atoms with E-state index < -0.39 is 21.7 Å². The second-order valence-electron chi connectivity index (χ2n) is 6.97. The zero-order valence-electron chi connectivity index (χ0n) is 14.8. The minimum absolute atomic E-state index is 0. The summed E-state index contributed by atoms with van der Waals surface area (Å²) in [5.74, 6) is -0.00277. The normalized spacial score (nSPS) is 21.9. The van der Waals surface area contributed by atoms with Gasteiger partial charge in [-0.3, -0.25) is 0 Å². The number of amides is 1. The summed E-state index contributed by atoms with van der Waals surface area (Å²) in [7, 11) is 0. The van der Waals surface area contributed by atoms with Crippen molar-refractivity contribution in [2.24, 2.45) is 5.73 Å². The van der Waals surface area contributed by atoms with Gasteiger partial charge in [-0.05, 0) is 0 Å². The number of primary amides is 1. The quantitative estimate of drug-likeness (QED) is 0.691. The molecule has 0 bridgehead atoms. The fourth-order valence-corrected chi connectivity index (χ4v) is 15.2. The number of carbonyl (C=O) groups excluding carboxylic acids is 1. The van der Waals surface area contributed by atoms with Crippen LogP contribution in [0, 0.1) is 0 Å². The molecule has 7 heteroatoms. The van der Waals surface area contributed by atoms with Gasteiger partial charge in [0.05, 0.1) is 0 Å². The molecule has 25 heavy (non-hydrogen) atoms. The first-order chi connectivity index (χ1) is 11.2. The Balaban J connectivity index is 0.00000156. The number of halogens is 2. The molecule has 1 atom stereocenters. The van der Waals surface area contributed by atoms with Gasteiger partial charge in [-0.15, -0.1) is 24.8 Å². The van der Waals surface area contributed by atoms with Crippen molar-refractivity contribution in [3.8, 4) is 0 Å². The van der Waals surface area contributed by atoms with Gasteiger partial charge in [0, 0.05) is 0 Å². The number of nitrogens with zero attached hydrogens (tertiary/aromatic N) is 2. The monoisotopic (exact) mass is 489 g/mol. The Kier molecular flexibility index (Phi) is 10.8. The van der Waals surface area contributed by atoms with Gasteiger partial charge >= 0.3 is 148 Å². The van der Waals surface area contributed by atoms with Crippen LogP contribution in [-0.4, -0.2) is 68.1 Å². The topological polar surface area (TPSA) is 49.6 Å². The Hall–Kier alpha value is 0.0601. The maximum atomic E-state index is 11.8. The van der Waals surface area contributed by atoms with Crippen LogP contribution in [0.5, 0.6) is 0 Å². The molecule has 2 aliphatic heterocycles. The maximum absolute atomic E-state index is 11.8. The Morgan fingerprint density at radius 1 is 1.08 bits per heavy atom. The first-order valence-electron chi connectivity index (χ1n) is 9.03. The molecule has 0 spiro atoms. The molecule has 1 unspecified atom stereocenters. The summed E-state index contributed by atoms with van der Waals surface area (Å²) < 4.78 is 4.36. The second kappa shape index (κ2) is 11.7. The average Bonchev–Trinajstić information content (AvgIpc) is 2.61. The number of benzene rings is 1. The summed E-state index contributed by atoms with van der Waals surface area (Å²) in [6.07, 6.45) is 4.75. The van der Waals surface area contributed by atoms with Crippen molar-refractivity contribution in [1.29, 1.82) is 0 Å². The van der Waals surface area contributed by atoms with Gasteiger partial charge in [0.1, 0.15) is 0 Å². The SMILES string of the molecule is Cl.Cl.NC(=O)[CH]1CCC[CH2][In]1[N]1CCN(CCc2ccccc2)CC1. The minimum atomic E-state index is -1.94. The molecule has 1 amide bonds. The summed E-state index contributed by atoms with van der Waals surface area (Å²) in [4.78, 5) is 14.3.